The zero-order chi connectivity index (χ0) is 14.7. The largest absolute Gasteiger partial charge is 0.478 e. The van der Waals surface area contributed by atoms with Crippen LogP contribution >= 0.6 is 0 Å². The van der Waals surface area contributed by atoms with Gasteiger partial charge in [0, 0.05) is 17.7 Å². The maximum Gasteiger partial charge on any atom is 0.333 e. The molecule has 0 atom stereocenters. The summed E-state index contributed by atoms with van der Waals surface area (Å²) in [6.45, 7) is 11.3. The molecule has 5 nitrogen and oxygen atoms in total. The zero-order valence-corrected chi connectivity index (χ0v) is 11.7. The molecule has 1 N–H and O–H groups in total. The van der Waals surface area contributed by atoms with Crippen LogP contribution in [0.5, 0.6) is 0 Å². The van der Waals surface area contributed by atoms with Gasteiger partial charge in [-0.2, -0.15) is 0 Å². The average Bonchev–Trinajstić information content (AvgIpc) is 2.27. The monoisotopic (exact) mass is 257 g/mol. The lowest BCUT2D eigenvalue weighted by Crippen LogP contribution is -2.20. The highest BCUT2D eigenvalue weighted by atomic mass is 16.5. The average molecular weight is 257 g/mol. The number of carbonyl (C=O) groups excluding carboxylic acids is 1. The van der Waals surface area contributed by atoms with Gasteiger partial charge in [0.15, 0.2) is 0 Å². The lowest BCUT2D eigenvalue weighted by atomic mass is 10.2. The summed E-state index contributed by atoms with van der Waals surface area (Å²) in [6, 6.07) is 0. The first-order chi connectivity index (χ1) is 8.22. The van der Waals surface area contributed by atoms with Gasteiger partial charge in [-0.1, -0.05) is 20.1 Å². The normalized spacial score (nSPS) is 9.17. The van der Waals surface area contributed by atoms with Gasteiger partial charge in [-0.3, -0.25) is 0 Å². The SMILES string of the molecule is C=C(C)C(=O)OCCN(C)C.C=C(CC)C(=O)O. The van der Waals surface area contributed by atoms with E-state index >= 15 is 0 Å². The van der Waals surface area contributed by atoms with E-state index in [2.05, 4.69) is 13.2 Å². The van der Waals surface area contributed by atoms with E-state index < -0.39 is 5.97 Å². The van der Waals surface area contributed by atoms with Crippen molar-refractivity contribution in [1.29, 1.82) is 0 Å². The molecule has 0 aromatic heterocycles. The van der Waals surface area contributed by atoms with Gasteiger partial charge in [0.1, 0.15) is 6.61 Å². The first kappa shape index (κ1) is 18.7. The summed E-state index contributed by atoms with van der Waals surface area (Å²) in [5.74, 6) is -1.21. The minimum absolute atomic E-state index is 0.264. The quantitative estimate of drug-likeness (QED) is 0.579. The third kappa shape index (κ3) is 12.4. The molecule has 0 aliphatic heterocycles. The van der Waals surface area contributed by atoms with Crippen molar-refractivity contribution in [3.8, 4) is 0 Å². The van der Waals surface area contributed by atoms with Gasteiger partial charge >= 0.3 is 11.9 Å². The fourth-order valence-corrected chi connectivity index (χ4v) is 0.595. The molecule has 0 aromatic carbocycles. The van der Waals surface area contributed by atoms with Gasteiger partial charge in [0.25, 0.3) is 0 Å². The molecule has 0 rings (SSSR count). The van der Waals surface area contributed by atoms with Crippen LogP contribution in [0.1, 0.15) is 20.3 Å². The highest BCUT2D eigenvalue weighted by Gasteiger charge is 2.01. The fourth-order valence-electron chi connectivity index (χ4n) is 0.595. The van der Waals surface area contributed by atoms with Gasteiger partial charge < -0.3 is 14.7 Å². The second kappa shape index (κ2) is 10.5. The van der Waals surface area contributed by atoms with E-state index in [0.29, 0.717) is 18.6 Å². The van der Waals surface area contributed by atoms with E-state index in [0.717, 1.165) is 6.54 Å². The molecule has 0 aliphatic rings. The minimum atomic E-state index is -0.900. The Hall–Kier alpha value is -1.62. The third-order valence-electron chi connectivity index (χ3n) is 1.85. The lowest BCUT2D eigenvalue weighted by molar-refractivity contribution is -0.139. The predicted molar refractivity (Wildman–Crippen MR) is 71.4 cm³/mol. The molecule has 0 spiro atoms. The number of esters is 1. The minimum Gasteiger partial charge on any atom is -0.478 e. The van der Waals surface area contributed by atoms with Crippen molar-refractivity contribution in [2.45, 2.75) is 20.3 Å². The lowest BCUT2D eigenvalue weighted by Gasteiger charge is -2.09. The van der Waals surface area contributed by atoms with Gasteiger partial charge in [-0.15, -0.1) is 0 Å². The maximum atomic E-state index is 10.8. The Morgan fingerprint density at radius 2 is 1.78 bits per heavy atom. The summed E-state index contributed by atoms with van der Waals surface area (Å²) < 4.78 is 4.83. The summed E-state index contributed by atoms with van der Waals surface area (Å²) in [4.78, 5) is 22.6. The number of rotatable bonds is 6. The van der Waals surface area contributed by atoms with E-state index in [-0.39, 0.29) is 11.5 Å². The predicted octanol–water partition coefficient (Wildman–Crippen LogP) is 1.70. The number of nitrogens with zero attached hydrogens (tertiary/aromatic N) is 1. The summed E-state index contributed by atoms with van der Waals surface area (Å²) in [5, 5.41) is 8.08. The Labute approximate surface area is 109 Å². The molecule has 0 aromatic rings. The number of hydrogen-bond donors (Lipinski definition) is 1. The molecule has 0 bridgehead atoms. The van der Waals surface area contributed by atoms with E-state index in [1.165, 1.54) is 0 Å². The zero-order valence-electron chi connectivity index (χ0n) is 11.7. The Balaban J connectivity index is 0. The van der Waals surface area contributed by atoms with Crippen LogP contribution < -0.4 is 0 Å². The van der Waals surface area contributed by atoms with Crippen molar-refractivity contribution in [3.63, 3.8) is 0 Å². The van der Waals surface area contributed by atoms with Gasteiger partial charge in [0.2, 0.25) is 0 Å². The van der Waals surface area contributed by atoms with Crippen molar-refractivity contribution < 1.29 is 19.4 Å². The van der Waals surface area contributed by atoms with Gasteiger partial charge in [0.05, 0.1) is 0 Å². The molecule has 0 unspecified atom stereocenters. The Bertz CT molecular complexity index is 308. The van der Waals surface area contributed by atoms with Crippen LogP contribution in [0.15, 0.2) is 24.3 Å². The Morgan fingerprint density at radius 1 is 1.28 bits per heavy atom. The van der Waals surface area contributed by atoms with Gasteiger partial charge in [-0.25, -0.2) is 9.59 Å². The van der Waals surface area contributed by atoms with Crippen molar-refractivity contribution in [2.24, 2.45) is 0 Å². The summed E-state index contributed by atoms with van der Waals surface area (Å²) >= 11 is 0. The van der Waals surface area contributed by atoms with Crippen LogP contribution in [-0.2, 0) is 14.3 Å². The molecule has 0 saturated heterocycles. The van der Waals surface area contributed by atoms with Crippen LogP contribution in [0.2, 0.25) is 0 Å². The highest BCUT2D eigenvalue weighted by Crippen LogP contribution is 1.93. The molecule has 0 radical (unpaired) electrons. The number of carbonyl (C=O) groups is 2. The molecule has 0 saturated carbocycles. The number of aliphatic carboxylic acids is 1. The molecular weight excluding hydrogens is 234 g/mol. The van der Waals surface area contributed by atoms with E-state index in [1.54, 1.807) is 13.8 Å². The second-order valence-electron chi connectivity index (χ2n) is 3.98. The second-order valence-corrected chi connectivity index (χ2v) is 3.98. The van der Waals surface area contributed by atoms with E-state index in [9.17, 15) is 9.59 Å². The van der Waals surface area contributed by atoms with Crippen molar-refractivity contribution in [1.82, 2.24) is 4.90 Å². The van der Waals surface area contributed by atoms with Crippen LogP contribution in [-0.4, -0.2) is 49.2 Å². The molecule has 5 heteroatoms. The fraction of sp³-hybridized carbons (Fsp3) is 0.538. The number of ether oxygens (including phenoxy) is 1. The molecule has 104 valence electrons. The number of carboxylic acid groups (broad SMARTS) is 1. The van der Waals surface area contributed by atoms with Crippen LogP contribution in [0, 0.1) is 0 Å². The first-order valence-electron chi connectivity index (χ1n) is 5.60. The number of hydrogen-bond acceptors (Lipinski definition) is 4. The standard InChI is InChI=1S/C8H15NO2.C5H8O2/c1-7(2)8(10)11-6-5-9(3)4;1-3-4(2)5(6)7/h1,5-6H2,2-4H3;2-3H2,1H3,(H,6,7). The van der Waals surface area contributed by atoms with Gasteiger partial charge in [-0.05, 0) is 27.4 Å². The van der Waals surface area contributed by atoms with Crippen LogP contribution in [0.4, 0.5) is 0 Å². The topological polar surface area (TPSA) is 66.8 Å². The third-order valence-corrected chi connectivity index (χ3v) is 1.85. The number of likely N-dealkylation sites (N-methyl/N-ethyl adjacent to an activating group) is 1. The van der Waals surface area contributed by atoms with E-state index in [1.807, 2.05) is 19.0 Å². The molecule has 0 heterocycles. The Morgan fingerprint density at radius 3 is 2.00 bits per heavy atom. The Kier molecular flexibility index (Phi) is 11.0. The molecule has 0 aliphatic carbocycles. The molecule has 18 heavy (non-hydrogen) atoms. The highest BCUT2D eigenvalue weighted by molar-refractivity contribution is 5.86. The molecule has 0 amide bonds. The van der Waals surface area contributed by atoms with Crippen molar-refractivity contribution >= 4 is 11.9 Å². The van der Waals surface area contributed by atoms with Crippen LogP contribution in [0.25, 0.3) is 0 Å². The first-order valence-corrected chi connectivity index (χ1v) is 5.60. The molecule has 0 fully saturated rings. The van der Waals surface area contributed by atoms with Crippen molar-refractivity contribution in [3.05, 3.63) is 24.3 Å². The van der Waals surface area contributed by atoms with E-state index in [4.69, 9.17) is 9.84 Å². The smallest absolute Gasteiger partial charge is 0.333 e. The van der Waals surface area contributed by atoms with Crippen molar-refractivity contribution in [2.75, 3.05) is 27.2 Å². The summed E-state index contributed by atoms with van der Waals surface area (Å²) in [5.41, 5.74) is 0.712. The summed E-state index contributed by atoms with van der Waals surface area (Å²) in [6.07, 6.45) is 0.523. The molecular formula is C13H23NO4. The summed E-state index contributed by atoms with van der Waals surface area (Å²) in [7, 11) is 3.85. The maximum absolute atomic E-state index is 10.8. The number of carboxylic acids is 1. The van der Waals surface area contributed by atoms with Crippen LogP contribution in [0.3, 0.4) is 0 Å².